The van der Waals surface area contributed by atoms with Gasteiger partial charge in [0.25, 0.3) is 0 Å². The second-order valence-corrected chi connectivity index (χ2v) is 22.8. The summed E-state index contributed by atoms with van der Waals surface area (Å²) in [6.45, 7) is 4.94. The van der Waals surface area contributed by atoms with Crippen molar-refractivity contribution >= 4 is 11.9 Å². The minimum atomic E-state index is -0.669. The summed E-state index contributed by atoms with van der Waals surface area (Å²) in [5, 5.41) is 23.3. The number of carbonyl (C=O) groups is 2. The fourth-order valence-electron chi connectivity index (χ4n) is 10.2. The normalized spacial score (nSPS) is 12.9. The summed E-state index contributed by atoms with van der Waals surface area (Å²) >= 11 is 0. The molecule has 0 aliphatic carbocycles. The van der Waals surface area contributed by atoms with Gasteiger partial charge >= 0.3 is 5.97 Å². The number of unbranched alkanes of at least 4 members (excludes halogenated alkanes) is 43. The van der Waals surface area contributed by atoms with Gasteiger partial charge in [0.05, 0.1) is 25.4 Å². The van der Waals surface area contributed by atoms with E-state index in [2.05, 4.69) is 67.8 Å². The fraction of sp³-hybridized carbons (Fsp3) is 0.855. The SMILES string of the molecule is CCCCC/C=C\C/C=C\CCCCCCCCCC(=O)OCCCCCCCCCCC/C=C\C/C=C\CCCCCCCCCCCC(=O)NC(CO)C(O)CCCCCCCCCCCCCCCCCC. The molecule has 1 amide bonds. The van der Waals surface area contributed by atoms with Crippen molar-refractivity contribution < 1.29 is 24.5 Å². The van der Waals surface area contributed by atoms with Crippen molar-refractivity contribution in [1.82, 2.24) is 5.32 Å². The number of amides is 1. The van der Waals surface area contributed by atoms with Crippen molar-refractivity contribution in [2.24, 2.45) is 0 Å². The summed E-state index contributed by atoms with van der Waals surface area (Å²) in [5.74, 6) is -0.0382. The van der Waals surface area contributed by atoms with Gasteiger partial charge in [0.2, 0.25) is 5.91 Å². The molecule has 0 rings (SSSR count). The first kappa shape index (κ1) is 72.8. The molecule has 0 fully saturated rings. The molecule has 0 saturated heterocycles. The van der Waals surface area contributed by atoms with Crippen LogP contribution in [0.1, 0.15) is 354 Å². The van der Waals surface area contributed by atoms with E-state index in [1.807, 2.05) is 0 Å². The third kappa shape index (κ3) is 60.9. The van der Waals surface area contributed by atoms with Crippen LogP contribution in [0.2, 0.25) is 0 Å². The van der Waals surface area contributed by atoms with Crippen LogP contribution >= 0.6 is 0 Å². The third-order valence-corrected chi connectivity index (χ3v) is 15.4. The summed E-state index contributed by atoms with van der Waals surface area (Å²) in [6.07, 6.45) is 82.8. The lowest BCUT2D eigenvalue weighted by Crippen LogP contribution is -2.45. The van der Waals surface area contributed by atoms with E-state index in [1.165, 1.54) is 263 Å². The van der Waals surface area contributed by atoms with Crippen LogP contribution in [0.25, 0.3) is 0 Å². The van der Waals surface area contributed by atoms with Gasteiger partial charge in [0, 0.05) is 12.8 Å². The molecule has 6 heteroatoms. The first-order valence-electron chi connectivity index (χ1n) is 33.4. The van der Waals surface area contributed by atoms with Crippen LogP contribution in [-0.2, 0) is 14.3 Å². The molecule has 0 heterocycles. The Kier molecular flexibility index (Phi) is 62.5. The van der Waals surface area contributed by atoms with E-state index in [1.54, 1.807) is 0 Å². The molecule has 0 saturated carbocycles. The van der Waals surface area contributed by atoms with Gasteiger partial charge in [-0.3, -0.25) is 9.59 Å². The Hall–Kier alpha value is -2.18. The number of hydrogen-bond donors (Lipinski definition) is 3. The molecular weight excluding hydrogens is 923 g/mol. The molecule has 0 spiro atoms. The first-order valence-corrected chi connectivity index (χ1v) is 33.4. The summed E-state index contributed by atoms with van der Waals surface area (Å²) in [6, 6.07) is -0.547. The molecule has 75 heavy (non-hydrogen) atoms. The van der Waals surface area contributed by atoms with Gasteiger partial charge in [-0.2, -0.15) is 0 Å². The van der Waals surface area contributed by atoms with Crippen molar-refractivity contribution in [2.75, 3.05) is 13.2 Å². The minimum Gasteiger partial charge on any atom is -0.466 e. The molecule has 2 atom stereocenters. The van der Waals surface area contributed by atoms with Gasteiger partial charge in [-0.25, -0.2) is 0 Å². The molecule has 3 N–H and O–H groups in total. The van der Waals surface area contributed by atoms with Crippen molar-refractivity contribution in [3.05, 3.63) is 48.6 Å². The Labute approximate surface area is 467 Å². The fourth-order valence-corrected chi connectivity index (χ4v) is 10.2. The highest BCUT2D eigenvalue weighted by Gasteiger charge is 2.20. The standard InChI is InChI=1S/C69H129NO5/c1-3-5-7-9-11-13-15-17-19-30-35-39-43-47-51-55-59-63-69(74)75-64-60-56-52-48-44-40-36-32-29-27-25-23-21-22-24-26-28-31-34-38-42-46-50-54-58-62-68(73)70-66(65-71)67(72)61-57-53-49-45-41-37-33-20-18-16-14-12-10-8-6-4-2/h11,13,17,19,22-25,66-67,71-72H,3-10,12,14-16,18,20-21,26-65H2,1-2H3,(H,70,73)/b13-11-,19-17-,24-22-,25-23-. The Bertz CT molecular complexity index is 1260. The average molecular weight is 1050 g/mol. The molecule has 0 radical (unpaired) electrons. The van der Waals surface area contributed by atoms with Crippen LogP contribution in [0.3, 0.4) is 0 Å². The summed E-state index contributed by atoms with van der Waals surface area (Å²) in [5.41, 5.74) is 0. The topological polar surface area (TPSA) is 95.9 Å². The zero-order valence-corrected chi connectivity index (χ0v) is 50.3. The van der Waals surface area contributed by atoms with E-state index < -0.39 is 12.1 Å². The smallest absolute Gasteiger partial charge is 0.305 e. The maximum atomic E-state index is 12.5. The van der Waals surface area contributed by atoms with Gasteiger partial charge in [-0.05, 0) is 89.9 Å². The monoisotopic (exact) mass is 1050 g/mol. The summed E-state index contributed by atoms with van der Waals surface area (Å²) in [4.78, 5) is 24.6. The van der Waals surface area contributed by atoms with E-state index in [0.29, 0.717) is 25.9 Å². The number of allylic oxidation sites excluding steroid dienone is 8. The molecule has 6 nitrogen and oxygen atoms in total. The van der Waals surface area contributed by atoms with Crippen LogP contribution in [0.15, 0.2) is 48.6 Å². The Balaban J connectivity index is 3.43. The van der Waals surface area contributed by atoms with E-state index in [-0.39, 0.29) is 18.5 Å². The Morgan fingerprint density at radius 3 is 1.04 bits per heavy atom. The van der Waals surface area contributed by atoms with Crippen LogP contribution in [0.5, 0.6) is 0 Å². The zero-order chi connectivity index (χ0) is 54.3. The highest BCUT2D eigenvalue weighted by molar-refractivity contribution is 5.76. The van der Waals surface area contributed by atoms with Gasteiger partial charge in [-0.1, -0.05) is 300 Å². The lowest BCUT2D eigenvalue weighted by molar-refractivity contribution is -0.143. The maximum Gasteiger partial charge on any atom is 0.305 e. The number of rotatable bonds is 62. The predicted molar refractivity (Wildman–Crippen MR) is 329 cm³/mol. The van der Waals surface area contributed by atoms with Crippen LogP contribution in [0.4, 0.5) is 0 Å². The average Bonchev–Trinajstić information content (AvgIpc) is 3.41. The van der Waals surface area contributed by atoms with Gasteiger partial charge in [0.15, 0.2) is 0 Å². The van der Waals surface area contributed by atoms with Gasteiger partial charge < -0.3 is 20.3 Å². The number of esters is 1. The second-order valence-electron chi connectivity index (χ2n) is 22.8. The van der Waals surface area contributed by atoms with E-state index in [9.17, 15) is 19.8 Å². The van der Waals surface area contributed by atoms with E-state index in [0.717, 1.165) is 57.8 Å². The van der Waals surface area contributed by atoms with Crippen molar-refractivity contribution in [1.29, 1.82) is 0 Å². The molecule has 0 aromatic rings. The molecule has 0 aliphatic rings. The third-order valence-electron chi connectivity index (χ3n) is 15.4. The number of carbonyl (C=O) groups excluding carboxylic acids is 2. The number of hydrogen-bond acceptors (Lipinski definition) is 5. The van der Waals surface area contributed by atoms with E-state index in [4.69, 9.17) is 4.74 Å². The lowest BCUT2D eigenvalue weighted by atomic mass is 10.0. The van der Waals surface area contributed by atoms with Crippen LogP contribution in [0, 0.1) is 0 Å². The highest BCUT2D eigenvalue weighted by Crippen LogP contribution is 2.18. The van der Waals surface area contributed by atoms with Crippen LogP contribution < -0.4 is 5.32 Å². The largest absolute Gasteiger partial charge is 0.466 e. The van der Waals surface area contributed by atoms with Crippen molar-refractivity contribution in [3.63, 3.8) is 0 Å². The Morgan fingerprint density at radius 1 is 0.373 bits per heavy atom. The second kappa shape index (κ2) is 64.3. The van der Waals surface area contributed by atoms with Gasteiger partial charge in [-0.15, -0.1) is 0 Å². The molecule has 0 aliphatic heterocycles. The molecule has 2 unspecified atom stereocenters. The Morgan fingerprint density at radius 2 is 0.667 bits per heavy atom. The van der Waals surface area contributed by atoms with Gasteiger partial charge in [0.1, 0.15) is 0 Å². The van der Waals surface area contributed by atoms with Crippen molar-refractivity contribution in [2.45, 2.75) is 366 Å². The number of aliphatic hydroxyl groups is 2. The summed E-state index contributed by atoms with van der Waals surface area (Å²) in [7, 11) is 0. The number of ether oxygens (including phenoxy) is 1. The van der Waals surface area contributed by atoms with Crippen LogP contribution in [-0.4, -0.2) is 47.4 Å². The quantitative estimate of drug-likeness (QED) is 0.0320. The zero-order valence-electron chi connectivity index (χ0n) is 50.3. The maximum absolute atomic E-state index is 12.5. The molecular formula is C69H129NO5. The molecule has 0 bridgehead atoms. The molecule has 0 aromatic carbocycles. The van der Waals surface area contributed by atoms with E-state index >= 15 is 0 Å². The first-order chi connectivity index (χ1) is 37.0. The molecule has 0 aromatic heterocycles. The summed E-state index contributed by atoms with van der Waals surface area (Å²) < 4.78 is 5.49. The number of aliphatic hydroxyl groups excluding tert-OH is 2. The minimum absolute atomic E-state index is 0.00128. The lowest BCUT2D eigenvalue weighted by Gasteiger charge is -2.22. The highest BCUT2D eigenvalue weighted by atomic mass is 16.5. The molecule has 440 valence electrons. The van der Waals surface area contributed by atoms with Crippen molar-refractivity contribution in [3.8, 4) is 0 Å². The predicted octanol–water partition coefficient (Wildman–Crippen LogP) is 21.3. The number of nitrogens with one attached hydrogen (secondary N) is 1.